The molecule has 0 bridgehead atoms. The third kappa shape index (κ3) is 3.46. The summed E-state index contributed by atoms with van der Waals surface area (Å²) >= 11 is 0. The number of aliphatic hydroxyl groups is 1. The van der Waals surface area contributed by atoms with Crippen LogP contribution in [0.15, 0.2) is 41.3 Å². The van der Waals surface area contributed by atoms with E-state index in [0.29, 0.717) is 11.8 Å². The lowest BCUT2D eigenvalue weighted by Crippen LogP contribution is -2.51. The summed E-state index contributed by atoms with van der Waals surface area (Å²) in [6.07, 6.45) is 16.9. The van der Waals surface area contributed by atoms with Crippen LogP contribution in [0.1, 0.15) is 77.2 Å². The number of nitrogens with zero attached hydrogens (tertiary/aromatic N) is 2. The van der Waals surface area contributed by atoms with Gasteiger partial charge in [-0.15, -0.1) is 0 Å². The van der Waals surface area contributed by atoms with Crippen molar-refractivity contribution in [3.63, 3.8) is 0 Å². The number of allylic oxidation sites excluding steroid dienone is 1. The molecule has 1 aromatic rings. The van der Waals surface area contributed by atoms with Crippen LogP contribution in [0.5, 0.6) is 0 Å². The van der Waals surface area contributed by atoms with E-state index in [1.54, 1.807) is 5.57 Å². The molecule has 0 saturated heterocycles. The predicted octanol–water partition coefficient (Wildman–Crippen LogP) is 5.78. The minimum atomic E-state index is -0.135. The molecule has 31 heavy (non-hydrogen) atoms. The molecular formula is C27H38N2O2. The average molecular weight is 423 g/mol. The van der Waals surface area contributed by atoms with Crippen LogP contribution < -0.4 is 0 Å². The molecule has 4 aliphatic carbocycles. The number of aliphatic hydroxyl groups excluding tert-OH is 1. The lowest BCUT2D eigenvalue weighted by Gasteiger charge is -2.58. The summed E-state index contributed by atoms with van der Waals surface area (Å²) in [6.45, 7) is 4.98. The van der Waals surface area contributed by atoms with Gasteiger partial charge in [0.25, 0.3) is 0 Å². The lowest BCUT2D eigenvalue weighted by atomic mass is 9.47. The Hall–Kier alpha value is -1.68. The summed E-state index contributed by atoms with van der Waals surface area (Å²) in [4.78, 5) is 4.23. The maximum atomic E-state index is 10.2. The first-order valence-corrected chi connectivity index (χ1v) is 12.4. The Morgan fingerprint density at radius 1 is 1.16 bits per heavy atom. The monoisotopic (exact) mass is 422 g/mol. The van der Waals surface area contributed by atoms with Crippen LogP contribution in [0.25, 0.3) is 0 Å². The number of rotatable bonds is 4. The third-order valence-electron chi connectivity index (χ3n) is 10.0. The normalized spacial score (nSPS) is 42.4. The zero-order chi connectivity index (χ0) is 21.6. The number of hydrogen-bond acceptors (Lipinski definition) is 4. The van der Waals surface area contributed by atoms with Crippen molar-refractivity contribution < 1.29 is 10.3 Å². The van der Waals surface area contributed by atoms with Crippen LogP contribution in [0.2, 0.25) is 0 Å². The second-order valence-corrected chi connectivity index (χ2v) is 11.3. The van der Waals surface area contributed by atoms with Gasteiger partial charge >= 0.3 is 0 Å². The van der Waals surface area contributed by atoms with E-state index < -0.39 is 0 Å². The van der Waals surface area contributed by atoms with E-state index in [9.17, 15) is 10.3 Å². The fourth-order valence-electron chi connectivity index (χ4n) is 8.30. The zero-order valence-electron chi connectivity index (χ0n) is 19.1. The average Bonchev–Trinajstić information content (AvgIpc) is 3.13. The molecule has 168 valence electrons. The number of pyridine rings is 1. The maximum absolute atomic E-state index is 10.2. The van der Waals surface area contributed by atoms with E-state index in [0.717, 1.165) is 56.1 Å². The first-order valence-electron chi connectivity index (χ1n) is 12.4. The Morgan fingerprint density at radius 2 is 2.03 bits per heavy atom. The number of fused-ring (bicyclic) bond motifs is 5. The highest BCUT2D eigenvalue weighted by Gasteiger charge is 2.59. The van der Waals surface area contributed by atoms with Gasteiger partial charge in [-0.05, 0) is 104 Å². The molecule has 3 fully saturated rings. The number of oxime groups is 1. The smallest absolute Gasteiger partial charge is 0.0610 e. The van der Waals surface area contributed by atoms with Crippen molar-refractivity contribution in [2.24, 2.45) is 39.7 Å². The van der Waals surface area contributed by atoms with Crippen LogP contribution in [0, 0.1) is 34.5 Å². The van der Waals surface area contributed by atoms with Crippen LogP contribution in [-0.2, 0) is 6.42 Å². The fraction of sp³-hybridized carbons (Fsp3) is 0.704. The summed E-state index contributed by atoms with van der Waals surface area (Å²) in [5.74, 6) is 2.60. The Bertz CT molecular complexity index is 865. The molecule has 4 aliphatic rings. The first kappa shape index (κ1) is 21.2. The van der Waals surface area contributed by atoms with Crippen molar-refractivity contribution in [1.82, 2.24) is 4.98 Å². The second-order valence-electron chi connectivity index (χ2n) is 11.3. The van der Waals surface area contributed by atoms with Gasteiger partial charge in [0.15, 0.2) is 0 Å². The van der Waals surface area contributed by atoms with Gasteiger partial charge in [0.2, 0.25) is 0 Å². The predicted molar refractivity (Wildman–Crippen MR) is 123 cm³/mol. The van der Waals surface area contributed by atoms with E-state index in [4.69, 9.17) is 0 Å². The van der Waals surface area contributed by atoms with Gasteiger partial charge in [-0.3, -0.25) is 4.98 Å². The van der Waals surface area contributed by atoms with E-state index in [1.165, 1.54) is 31.2 Å². The molecule has 3 unspecified atom stereocenters. The number of hydrogen-bond donors (Lipinski definition) is 2. The first-order chi connectivity index (χ1) is 15.0. The van der Waals surface area contributed by atoms with Crippen molar-refractivity contribution in [3.8, 4) is 0 Å². The molecule has 2 N–H and O–H groups in total. The minimum absolute atomic E-state index is 0.135. The molecular weight excluding hydrogens is 384 g/mol. The summed E-state index contributed by atoms with van der Waals surface area (Å²) in [7, 11) is 0. The Morgan fingerprint density at radius 3 is 2.81 bits per heavy atom. The highest BCUT2D eigenvalue weighted by molar-refractivity contribution is 5.87. The maximum Gasteiger partial charge on any atom is 0.0610 e. The number of aromatic nitrogens is 1. The third-order valence-corrected chi connectivity index (χ3v) is 10.0. The minimum Gasteiger partial charge on any atom is -0.411 e. The van der Waals surface area contributed by atoms with Gasteiger partial charge in [0.1, 0.15) is 0 Å². The molecule has 4 nitrogen and oxygen atoms in total. The fourth-order valence-corrected chi connectivity index (χ4v) is 8.30. The van der Waals surface area contributed by atoms with Gasteiger partial charge in [0, 0.05) is 18.3 Å². The van der Waals surface area contributed by atoms with Crippen LogP contribution in [0.4, 0.5) is 0 Å². The Labute approximate surface area is 186 Å². The number of aryl methyl sites for hydroxylation is 1. The van der Waals surface area contributed by atoms with Gasteiger partial charge in [0.05, 0.1) is 11.8 Å². The molecule has 0 spiro atoms. The topological polar surface area (TPSA) is 65.7 Å². The summed E-state index contributed by atoms with van der Waals surface area (Å²) in [5.41, 5.74) is 4.29. The molecule has 4 heteroatoms. The van der Waals surface area contributed by atoms with Crippen LogP contribution in [0.3, 0.4) is 0 Å². The molecule has 1 aromatic heterocycles. The Balaban J connectivity index is 1.35. The van der Waals surface area contributed by atoms with E-state index >= 15 is 0 Å². The lowest BCUT2D eigenvalue weighted by molar-refractivity contribution is -0.0426. The van der Waals surface area contributed by atoms with E-state index in [1.807, 2.05) is 18.5 Å². The zero-order valence-corrected chi connectivity index (χ0v) is 19.1. The van der Waals surface area contributed by atoms with Crippen LogP contribution >= 0.6 is 0 Å². The molecule has 7 atom stereocenters. The van der Waals surface area contributed by atoms with Crippen molar-refractivity contribution in [1.29, 1.82) is 0 Å². The summed E-state index contributed by atoms with van der Waals surface area (Å²) in [5, 5.41) is 24.1. The Kier molecular flexibility index (Phi) is 5.48. The summed E-state index contributed by atoms with van der Waals surface area (Å²) in [6, 6.07) is 4.09. The molecule has 3 saturated carbocycles. The van der Waals surface area contributed by atoms with Crippen molar-refractivity contribution in [2.45, 2.75) is 84.2 Å². The van der Waals surface area contributed by atoms with Crippen molar-refractivity contribution in [2.75, 3.05) is 0 Å². The largest absolute Gasteiger partial charge is 0.411 e. The standard InChI is InChI=1S/C27H38N2O2/c1-26-13-11-20(30)16-19(26)6-7-21-22-8-9-24(27(22,2)14-12-23(21)26)25(29-31)10-5-18-4-3-15-28-17-18/h3-4,6,15,17,20-24,30-31H,5,7-14,16H2,1-2H3/b29-25+/t20-,21-,22?,23?,24?,26-,27-/m0/s1. The summed E-state index contributed by atoms with van der Waals surface area (Å²) < 4.78 is 0. The van der Waals surface area contributed by atoms with Crippen LogP contribution in [-0.4, -0.2) is 27.1 Å². The highest BCUT2D eigenvalue weighted by atomic mass is 16.4. The van der Waals surface area contributed by atoms with Crippen molar-refractivity contribution in [3.05, 3.63) is 41.7 Å². The van der Waals surface area contributed by atoms with Crippen molar-refractivity contribution >= 4 is 5.71 Å². The highest BCUT2D eigenvalue weighted by Crippen LogP contribution is 2.66. The van der Waals surface area contributed by atoms with Gasteiger partial charge in [-0.1, -0.05) is 36.7 Å². The molecule has 0 amide bonds. The molecule has 0 aromatic carbocycles. The molecule has 0 radical (unpaired) electrons. The molecule has 0 aliphatic heterocycles. The van der Waals surface area contributed by atoms with Gasteiger partial charge < -0.3 is 10.3 Å². The molecule has 1 heterocycles. The van der Waals surface area contributed by atoms with Gasteiger partial charge in [-0.25, -0.2) is 0 Å². The van der Waals surface area contributed by atoms with Gasteiger partial charge in [-0.2, -0.15) is 0 Å². The second kappa shape index (κ2) is 8.03. The SMILES string of the molecule is C[C@]12CCC3[C@@H](CC=C4C[C@@H](O)CC[C@@]43C)C1CCC2/C(CCc1cccnc1)=N/O. The van der Waals surface area contributed by atoms with E-state index in [2.05, 4.69) is 36.1 Å². The molecule has 5 rings (SSSR count). The van der Waals surface area contributed by atoms with E-state index in [-0.39, 0.29) is 16.9 Å². The quantitative estimate of drug-likeness (QED) is 0.280.